The Morgan fingerprint density at radius 2 is 2.21 bits per heavy atom. The molecule has 106 valence electrons. The highest BCUT2D eigenvalue weighted by molar-refractivity contribution is 5.75. The van der Waals surface area contributed by atoms with Crippen LogP contribution in [0.2, 0.25) is 0 Å². The molecule has 1 aromatic carbocycles. The zero-order valence-electron chi connectivity index (χ0n) is 11.6. The average Bonchev–Trinajstić information content (AvgIpc) is 2.94. The maximum absolute atomic E-state index is 12.6. The lowest BCUT2D eigenvalue weighted by Crippen LogP contribution is -2.29. The van der Waals surface area contributed by atoms with Gasteiger partial charge in [0, 0.05) is 12.6 Å². The van der Waals surface area contributed by atoms with E-state index in [1.165, 1.54) is 44.8 Å². The number of hydrogen-bond donors (Lipinski definition) is 1. The van der Waals surface area contributed by atoms with Gasteiger partial charge in [0.2, 0.25) is 0 Å². The second-order valence-corrected chi connectivity index (χ2v) is 4.62. The van der Waals surface area contributed by atoms with Crippen molar-refractivity contribution in [1.82, 2.24) is 10.2 Å². The van der Waals surface area contributed by atoms with Gasteiger partial charge in [-0.2, -0.15) is 0 Å². The number of methoxy groups -OCH3 is 1. The van der Waals surface area contributed by atoms with Gasteiger partial charge in [-0.05, 0) is 45.3 Å². The standard InChI is InChI=1S/C8H7FO2.C6H14N2/c1-11-7-2-3-8(9)6(4-7)5-10;1-8(2)6-3-4-7-5-6/h2-5H,1H3;6-7H,3-5H2,1-2H3. The number of likely N-dealkylation sites (N-methyl/N-ethyl adjacent to an activating group) is 1. The van der Waals surface area contributed by atoms with Crippen LogP contribution in [-0.2, 0) is 0 Å². The zero-order chi connectivity index (χ0) is 14.3. The van der Waals surface area contributed by atoms with Gasteiger partial charge < -0.3 is 15.0 Å². The molecule has 1 N–H and O–H groups in total. The molecule has 0 bridgehead atoms. The molecule has 0 aromatic heterocycles. The molecule has 0 saturated carbocycles. The number of benzene rings is 1. The molecule has 1 unspecified atom stereocenters. The number of halogens is 1. The van der Waals surface area contributed by atoms with Crippen molar-refractivity contribution in [1.29, 1.82) is 0 Å². The molecule has 0 amide bonds. The van der Waals surface area contributed by atoms with Crippen LogP contribution in [0.25, 0.3) is 0 Å². The smallest absolute Gasteiger partial charge is 0.153 e. The summed E-state index contributed by atoms with van der Waals surface area (Å²) < 4.78 is 17.4. The van der Waals surface area contributed by atoms with Crippen LogP contribution in [0.5, 0.6) is 5.75 Å². The molecule has 4 nitrogen and oxygen atoms in total. The van der Waals surface area contributed by atoms with Crippen molar-refractivity contribution < 1.29 is 13.9 Å². The Morgan fingerprint density at radius 3 is 2.63 bits per heavy atom. The third-order valence-corrected chi connectivity index (χ3v) is 3.09. The summed E-state index contributed by atoms with van der Waals surface area (Å²) in [4.78, 5) is 12.5. The molecular weight excluding hydrogens is 247 g/mol. The highest BCUT2D eigenvalue weighted by atomic mass is 19.1. The minimum atomic E-state index is -0.527. The monoisotopic (exact) mass is 268 g/mol. The Morgan fingerprint density at radius 1 is 1.47 bits per heavy atom. The van der Waals surface area contributed by atoms with Gasteiger partial charge in [0.05, 0.1) is 12.7 Å². The van der Waals surface area contributed by atoms with E-state index in [2.05, 4.69) is 24.3 Å². The van der Waals surface area contributed by atoms with Crippen LogP contribution in [0.4, 0.5) is 4.39 Å². The maximum atomic E-state index is 12.6. The highest BCUT2D eigenvalue weighted by Gasteiger charge is 2.14. The van der Waals surface area contributed by atoms with Gasteiger partial charge in [-0.3, -0.25) is 4.79 Å². The fraction of sp³-hybridized carbons (Fsp3) is 0.500. The molecule has 0 radical (unpaired) electrons. The molecule has 0 aliphatic carbocycles. The lowest BCUT2D eigenvalue weighted by Gasteiger charge is -2.16. The number of nitrogens with zero attached hydrogens (tertiary/aromatic N) is 1. The first-order chi connectivity index (χ1) is 9.08. The first kappa shape index (κ1) is 15.6. The molecule has 1 aromatic rings. The Hall–Kier alpha value is -1.46. The summed E-state index contributed by atoms with van der Waals surface area (Å²) in [6.07, 6.45) is 1.77. The van der Waals surface area contributed by atoms with Crippen molar-refractivity contribution >= 4 is 6.29 Å². The fourth-order valence-electron chi connectivity index (χ4n) is 1.82. The fourth-order valence-corrected chi connectivity index (χ4v) is 1.82. The lowest BCUT2D eigenvalue weighted by atomic mass is 10.2. The molecular formula is C14H21FN2O2. The van der Waals surface area contributed by atoms with Crippen molar-refractivity contribution in [3.05, 3.63) is 29.6 Å². The Balaban J connectivity index is 0.000000200. The predicted octanol–water partition coefficient (Wildman–Crippen LogP) is 1.56. The minimum absolute atomic E-state index is 0.0179. The third-order valence-electron chi connectivity index (χ3n) is 3.09. The number of carbonyl (C=O) groups excluding carboxylic acids is 1. The lowest BCUT2D eigenvalue weighted by molar-refractivity contribution is 0.111. The van der Waals surface area contributed by atoms with Crippen LogP contribution in [0.1, 0.15) is 16.8 Å². The first-order valence-corrected chi connectivity index (χ1v) is 6.24. The molecule has 2 rings (SSSR count). The van der Waals surface area contributed by atoms with Gasteiger partial charge in [-0.25, -0.2) is 4.39 Å². The van der Waals surface area contributed by atoms with Gasteiger partial charge in [0.15, 0.2) is 6.29 Å². The van der Waals surface area contributed by atoms with E-state index in [1.54, 1.807) is 0 Å². The third kappa shape index (κ3) is 4.96. The minimum Gasteiger partial charge on any atom is -0.497 e. The predicted molar refractivity (Wildman–Crippen MR) is 73.3 cm³/mol. The highest BCUT2D eigenvalue weighted by Crippen LogP contribution is 2.14. The van der Waals surface area contributed by atoms with Crippen molar-refractivity contribution in [2.75, 3.05) is 34.3 Å². The molecule has 0 spiro atoms. The summed E-state index contributed by atoms with van der Waals surface area (Å²) in [5, 5.41) is 3.31. The van der Waals surface area contributed by atoms with Crippen molar-refractivity contribution in [3.63, 3.8) is 0 Å². The summed E-state index contributed by atoms with van der Waals surface area (Å²) in [5.41, 5.74) is 0.0179. The first-order valence-electron chi connectivity index (χ1n) is 6.24. The van der Waals surface area contributed by atoms with Crippen molar-refractivity contribution in [3.8, 4) is 5.75 Å². The largest absolute Gasteiger partial charge is 0.497 e. The number of carbonyl (C=O) groups is 1. The summed E-state index contributed by atoms with van der Waals surface area (Å²) in [6, 6.07) is 4.79. The second kappa shape index (κ2) is 7.86. The van der Waals surface area contributed by atoms with Gasteiger partial charge in [0.25, 0.3) is 0 Å². The summed E-state index contributed by atoms with van der Waals surface area (Å²) in [6.45, 7) is 2.37. The van der Waals surface area contributed by atoms with Crippen LogP contribution < -0.4 is 10.1 Å². The van der Waals surface area contributed by atoms with Crippen LogP contribution in [0.15, 0.2) is 18.2 Å². The summed E-state index contributed by atoms with van der Waals surface area (Å²) in [5.74, 6) is -0.0469. The van der Waals surface area contributed by atoms with Crippen LogP contribution in [0.3, 0.4) is 0 Å². The average molecular weight is 268 g/mol. The normalized spacial score (nSPS) is 17.8. The van der Waals surface area contributed by atoms with E-state index in [9.17, 15) is 9.18 Å². The topological polar surface area (TPSA) is 41.6 Å². The van der Waals surface area contributed by atoms with Crippen molar-refractivity contribution in [2.24, 2.45) is 0 Å². The molecule has 5 heteroatoms. The van der Waals surface area contributed by atoms with E-state index in [4.69, 9.17) is 4.74 Å². The SMILES string of the molecule is CN(C)C1CCNC1.COc1ccc(F)c(C=O)c1. The van der Waals surface area contributed by atoms with E-state index in [-0.39, 0.29) is 5.56 Å². The summed E-state index contributed by atoms with van der Waals surface area (Å²) >= 11 is 0. The van der Waals surface area contributed by atoms with E-state index >= 15 is 0 Å². The number of rotatable bonds is 3. The molecule has 1 saturated heterocycles. The Labute approximate surface area is 113 Å². The summed E-state index contributed by atoms with van der Waals surface area (Å²) in [7, 11) is 5.73. The number of ether oxygens (including phenoxy) is 1. The van der Waals surface area contributed by atoms with Crippen LogP contribution in [-0.4, -0.2) is 51.5 Å². The number of nitrogens with one attached hydrogen (secondary N) is 1. The molecule has 1 atom stereocenters. The zero-order valence-corrected chi connectivity index (χ0v) is 11.6. The van der Waals surface area contributed by atoms with E-state index < -0.39 is 5.82 Å². The van der Waals surface area contributed by atoms with Gasteiger partial charge in [-0.1, -0.05) is 0 Å². The molecule has 1 aliphatic heterocycles. The Kier molecular flexibility index (Phi) is 6.45. The molecule has 1 fully saturated rings. The Bertz CT molecular complexity index is 404. The van der Waals surface area contributed by atoms with E-state index in [0.717, 1.165) is 6.04 Å². The maximum Gasteiger partial charge on any atom is 0.153 e. The van der Waals surface area contributed by atoms with Gasteiger partial charge in [0.1, 0.15) is 11.6 Å². The van der Waals surface area contributed by atoms with Crippen molar-refractivity contribution in [2.45, 2.75) is 12.5 Å². The second-order valence-electron chi connectivity index (χ2n) is 4.62. The van der Waals surface area contributed by atoms with Gasteiger partial charge in [-0.15, -0.1) is 0 Å². The van der Waals surface area contributed by atoms with Gasteiger partial charge >= 0.3 is 0 Å². The van der Waals surface area contributed by atoms with E-state index in [1.807, 2.05) is 0 Å². The number of hydrogen-bond acceptors (Lipinski definition) is 4. The number of aldehydes is 1. The quantitative estimate of drug-likeness (QED) is 0.845. The molecule has 19 heavy (non-hydrogen) atoms. The van der Waals surface area contributed by atoms with Crippen LogP contribution in [0, 0.1) is 5.82 Å². The van der Waals surface area contributed by atoms with E-state index in [0.29, 0.717) is 12.0 Å². The molecule has 1 aliphatic rings. The van der Waals surface area contributed by atoms with Crippen LogP contribution >= 0.6 is 0 Å². The molecule has 1 heterocycles.